The van der Waals surface area contributed by atoms with Crippen molar-refractivity contribution in [2.45, 2.75) is 154 Å². The molecule has 4 nitrogen and oxygen atoms in total. The molecule has 30 heavy (non-hydrogen) atoms. The minimum atomic E-state index is -4.17. The van der Waals surface area contributed by atoms with Crippen LogP contribution in [-0.2, 0) is 10.1 Å². The molecule has 0 amide bonds. The largest absolute Gasteiger partial charge is 1.00 e. The van der Waals surface area contributed by atoms with Crippen molar-refractivity contribution in [1.82, 2.24) is 0 Å². The summed E-state index contributed by atoms with van der Waals surface area (Å²) in [5.74, 6) is 0. The third-order valence-corrected chi connectivity index (χ3v) is 7.28. The molecule has 0 heterocycles. The monoisotopic (exact) mass is 472 g/mol. The summed E-state index contributed by atoms with van der Waals surface area (Å²) in [6.45, 7) is 4.36. The molecule has 0 radical (unpaired) electrons. The van der Waals surface area contributed by atoms with Gasteiger partial charge in [-0.25, -0.2) is 8.42 Å². The van der Waals surface area contributed by atoms with Crippen LogP contribution in [0.25, 0.3) is 0 Å². The minimum absolute atomic E-state index is 0. The van der Waals surface area contributed by atoms with Crippen LogP contribution in [0.5, 0.6) is 0 Å². The van der Waals surface area contributed by atoms with E-state index in [0.29, 0.717) is 12.8 Å². The first-order valence-corrected chi connectivity index (χ1v) is 14.0. The maximum atomic E-state index is 11.5. The molecule has 0 spiro atoms. The van der Waals surface area contributed by atoms with E-state index in [4.69, 9.17) is 0 Å². The van der Waals surface area contributed by atoms with Gasteiger partial charge in [0.15, 0.2) is 0 Å². The average Bonchev–Trinajstić information content (AvgIpc) is 2.67. The van der Waals surface area contributed by atoms with E-state index < -0.39 is 15.4 Å². The molecule has 0 aliphatic rings. The summed E-state index contributed by atoms with van der Waals surface area (Å²) in [6.07, 6.45) is 20.6. The van der Waals surface area contributed by atoms with Crippen molar-refractivity contribution in [1.29, 1.82) is 0 Å². The zero-order chi connectivity index (χ0) is 21.8. The van der Waals surface area contributed by atoms with Gasteiger partial charge in [-0.05, 0) is 25.7 Å². The maximum absolute atomic E-state index is 11.5. The normalized spacial score (nSPS) is 13.7. The Morgan fingerprint density at radius 2 is 0.933 bits per heavy atom. The van der Waals surface area contributed by atoms with Crippen molar-refractivity contribution in [3.05, 3.63) is 0 Å². The van der Waals surface area contributed by atoms with E-state index >= 15 is 0 Å². The van der Waals surface area contributed by atoms with E-state index in [9.17, 15) is 18.1 Å². The zero-order valence-electron chi connectivity index (χ0n) is 20.4. The molecule has 0 saturated heterocycles. The quantitative estimate of drug-likeness (QED) is 0.146. The molecule has 0 fully saturated rings. The van der Waals surface area contributed by atoms with Crippen molar-refractivity contribution >= 4 is 10.1 Å². The summed E-state index contributed by atoms with van der Waals surface area (Å²) >= 11 is 0. The molecule has 2 unspecified atom stereocenters. The van der Waals surface area contributed by atoms with Crippen LogP contribution in [0.3, 0.4) is 0 Å². The summed E-state index contributed by atoms with van der Waals surface area (Å²) in [7, 11) is -4.17. The topological polar surface area (TPSA) is 77.4 Å². The molecule has 0 aliphatic heterocycles. The van der Waals surface area contributed by atoms with Gasteiger partial charge in [0.1, 0.15) is 0 Å². The number of hydrogen-bond donors (Lipinski definition) is 1. The van der Waals surface area contributed by atoms with Crippen LogP contribution in [-0.4, -0.2) is 29.4 Å². The fraction of sp³-hybridized carbons (Fsp3) is 1.00. The first-order chi connectivity index (χ1) is 13.9. The molecule has 0 rings (SSSR count). The third-order valence-electron chi connectivity index (χ3n) is 5.99. The molecular formula is C24H49KO4S. The first-order valence-electron chi connectivity index (χ1n) is 12.5. The smallest absolute Gasteiger partial charge is 0.748 e. The Bertz CT molecular complexity index is 442. The predicted molar refractivity (Wildman–Crippen MR) is 123 cm³/mol. The summed E-state index contributed by atoms with van der Waals surface area (Å²) in [5.41, 5.74) is 0. The number of unbranched alkanes of at least 4 members (excludes halogenated alkanes) is 13. The minimum Gasteiger partial charge on any atom is -0.748 e. The van der Waals surface area contributed by atoms with Crippen molar-refractivity contribution in [3.63, 3.8) is 0 Å². The van der Waals surface area contributed by atoms with Crippen molar-refractivity contribution in [2.24, 2.45) is 0 Å². The number of aliphatic hydroxyl groups excluding tert-OH is 1. The fourth-order valence-electron chi connectivity index (χ4n) is 3.98. The molecule has 0 aliphatic carbocycles. The summed E-state index contributed by atoms with van der Waals surface area (Å²) in [6, 6.07) is 0. The van der Waals surface area contributed by atoms with Gasteiger partial charge in [0, 0.05) is 5.25 Å². The molecule has 6 heteroatoms. The Morgan fingerprint density at radius 1 is 0.600 bits per heavy atom. The molecule has 1 N–H and O–H groups in total. The van der Waals surface area contributed by atoms with Gasteiger partial charge in [-0.3, -0.25) is 0 Å². The average molecular weight is 473 g/mol. The maximum Gasteiger partial charge on any atom is 1.00 e. The zero-order valence-corrected chi connectivity index (χ0v) is 24.3. The second kappa shape index (κ2) is 23.7. The van der Waals surface area contributed by atoms with E-state index in [1.54, 1.807) is 0 Å². The van der Waals surface area contributed by atoms with Crippen LogP contribution in [0.1, 0.15) is 142 Å². The summed E-state index contributed by atoms with van der Waals surface area (Å²) in [4.78, 5) is 0. The van der Waals surface area contributed by atoms with Gasteiger partial charge in [-0.2, -0.15) is 0 Å². The van der Waals surface area contributed by atoms with Gasteiger partial charge in [0.25, 0.3) is 0 Å². The second-order valence-corrected chi connectivity index (χ2v) is 10.5. The van der Waals surface area contributed by atoms with E-state index in [1.807, 2.05) is 0 Å². The van der Waals surface area contributed by atoms with Gasteiger partial charge in [0.2, 0.25) is 0 Å². The van der Waals surface area contributed by atoms with Crippen LogP contribution in [0, 0.1) is 0 Å². The molecule has 0 aromatic rings. The van der Waals surface area contributed by atoms with Crippen molar-refractivity contribution in [3.8, 4) is 0 Å². The first kappa shape index (κ1) is 33.7. The third kappa shape index (κ3) is 22.7. The molecule has 0 bridgehead atoms. The summed E-state index contributed by atoms with van der Waals surface area (Å²) in [5, 5.41) is 9.14. The standard InChI is InChI=1S/C24H50O4S.K/c1-3-5-7-8-9-10-11-14-17-21-24(29(26,27)28)22-18-15-12-13-16-20-23(25)19-6-4-2;/h23-25H,3-22H2,1-2H3,(H,26,27,28);/q;+1/p-1. The van der Waals surface area contributed by atoms with E-state index in [2.05, 4.69) is 13.8 Å². The van der Waals surface area contributed by atoms with Crippen molar-refractivity contribution in [2.75, 3.05) is 0 Å². The molecule has 176 valence electrons. The van der Waals surface area contributed by atoms with Crippen molar-refractivity contribution < 1.29 is 69.5 Å². The van der Waals surface area contributed by atoms with Gasteiger partial charge < -0.3 is 9.66 Å². The van der Waals surface area contributed by atoms with E-state index in [-0.39, 0.29) is 57.5 Å². The molecular weight excluding hydrogens is 423 g/mol. The van der Waals surface area contributed by atoms with Crippen LogP contribution < -0.4 is 51.4 Å². The number of hydrogen-bond acceptors (Lipinski definition) is 4. The Morgan fingerprint density at radius 3 is 1.33 bits per heavy atom. The Labute approximate surface area is 230 Å². The van der Waals surface area contributed by atoms with Crippen LogP contribution in [0.2, 0.25) is 0 Å². The molecule has 0 aromatic heterocycles. The van der Waals surface area contributed by atoms with Gasteiger partial charge in [0.05, 0.1) is 16.2 Å². The Balaban J connectivity index is 0. The van der Waals surface area contributed by atoms with E-state index in [1.165, 1.54) is 38.5 Å². The fourth-order valence-corrected chi connectivity index (χ4v) is 4.89. The SMILES string of the molecule is CCCCCCCCCCCC(CCCCCCCC(O)CCCC)S(=O)(=O)[O-].[K+]. The van der Waals surface area contributed by atoms with E-state index in [0.717, 1.165) is 77.0 Å². The Hall–Kier alpha value is 1.51. The van der Waals surface area contributed by atoms with Gasteiger partial charge >= 0.3 is 51.4 Å². The molecule has 0 aromatic carbocycles. The Kier molecular flexibility index (Phi) is 26.6. The molecule has 0 saturated carbocycles. The van der Waals surface area contributed by atoms with Crippen LogP contribution >= 0.6 is 0 Å². The summed E-state index contributed by atoms with van der Waals surface area (Å²) < 4.78 is 34.6. The van der Waals surface area contributed by atoms with Gasteiger partial charge in [-0.1, -0.05) is 117 Å². The molecule has 2 atom stereocenters. The van der Waals surface area contributed by atoms with Crippen LogP contribution in [0.4, 0.5) is 0 Å². The predicted octanol–water partition coefficient (Wildman–Crippen LogP) is 4.11. The van der Waals surface area contributed by atoms with Gasteiger partial charge in [-0.15, -0.1) is 0 Å². The number of rotatable bonds is 22. The second-order valence-electron chi connectivity index (χ2n) is 8.87. The number of aliphatic hydroxyl groups is 1. The van der Waals surface area contributed by atoms with Crippen LogP contribution in [0.15, 0.2) is 0 Å².